The van der Waals surface area contributed by atoms with E-state index < -0.39 is 40.8 Å². The minimum atomic E-state index is -1.05. The van der Waals surface area contributed by atoms with E-state index in [1.54, 1.807) is 36.4 Å². The van der Waals surface area contributed by atoms with Crippen LogP contribution >= 0.6 is 15.9 Å². The van der Waals surface area contributed by atoms with Crippen molar-refractivity contribution in [2.24, 2.45) is 15.4 Å². The first kappa shape index (κ1) is 25.5. The van der Waals surface area contributed by atoms with Gasteiger partial charge in [-0.3, -0.25) is 29.5 Å². The second kappa shape index (κ2) is 10.1. The molecule has 200 valence electrons. The lowest BCUT2D eigenvalue weighted by Crippen LogP contribution is -2.44. The van der Waals surface area contributed by atoms with Crippen LogP contribution in [0.4, 0.5) is 11.4 Å². The highest BCUT2D eigenvalue weighted by Gasteiger charge is 2.55. The highest BCUT2D eigenvalue weighted by Crippen LogP contribution is 2.36. The topological polar surface area (TPSA) is 141 Å². The fraction of sp³-hybridized carbons (Fsp3) is 0.185. The molecule has 0 spiro atoms. The molecule has 40 heavy (non-hydrogen) atoms. The Morgan fingerprint density at radius 1 is 0.975 bits per heavy atom. The van der Waals surface area contributed by atoms with Crippen LogP contribution in [-0.2, 0) is 14.4 Å². The lowest BCUT2D eigenvalue weighted by Gasteiger charge is -2.25. The van der Waals surface area contributed by atoms with Crippen LogP contribution < -0.4 is 4.90 Å². The highest BCUT2D eigenvalue weighted by atomic mass is 79.9. The van der Waals surface area contributed by atoms with Crippen molar-refractivity contribution in [2.75, 3.05) is 11.4 Å². The second-order valence-electron chi connectivity index (χ2n) is 9.40. The number of hydrogen-bond acceptors (Lipinski definition) is 9. The summed E-state index contributed by atoms with van der Waals surface area (Å²) in [6.45, 7) is -0.340. The number of carbonyl (C=O) groups is 3. The first-order valence-corrected chi connectivity index (χ1v) is 13.1. The van der Waals surface area contributed by atoms with E-state index in [4.69, 9.17) is 0 Å². The average Bonchev–Trinajstić information content (AvgIpc) is 3.65. The summed E-state index contributed by atoms with van der Waals surface area (Å²) in [5.41, 5.74) is 2.53. The molecule has 3 amide bonds. The number of amides is 3. The minimum Gasteiger partial charge on any atom is -0.271 e. The zero-order chi connectivity index (χ0) is 28.0. The number of rotatable bonds is 6. The maximum atomic E-state index is 13.7. The van der Waals surface area contributed by atoms with E-state index in [9.17, 15) is 24.5 Å². The predicted molar refractivity (Wildman–Crippen MR) is 146 cm³/mol. The van der Waals surface area contributed by atoms with E-state index in [-0.39, 0.29) is 12.2 Å². The number of hydrazone groups is 1. The van der Waals surface area contributed by atoms with Crippen molar-refractivity contribution in [1.29, 1.82) is 0 Å². The molecule has 3 heterocycles. The molecule has 3 aromatic carbocycles. The molecule has 0 radical (unpaired) electrons. The number of carbonyl (C=O) groups excluding carboxylic acids is 3. The molecule has 0 unspecified atom stereocenters. The van der Waals surface area contributed by atoms with E-state index in [2.05, 4.69) is 31.4 Å². The number of nitro groups is 1. The van der Waals surface area contributed by atoms with Gasteiger partial charge >= 0.3 is 0 Å². The van der Waals surface area contributed by atoms with Crippen LogP contribution in [0.15, 0.2) is 98.8 Å². The third-order valence-corrected chi connectivity index (χ3v) is 7.53. The third-order valence-electron chi connectivity index (χ3n) is 7.00. The third kappa shape index (κ3) is 4.43. The van der Waals surface area contributed by atoms with Gasteiger partial charge in [0.1, 0.15) is 6.54 Å². The maximum Gasteiger partial charge on any atom is 0.269 e. The van der Waals surface area contributed by atoms with Crippen molar-refractivity contribution in [3.63, 3.8) is 0 Å². The van der Waals surface area contributed by atoms with Crippen LogP contribution in [0.3, 0.4) is 0 Å². The normalized spacial score (nSPS) is 21.7. The molecule has 6 rings (SSSR count). The summed E-state index contributed by atoms with van der Waals surface area (Å²) in [5.74, 6) is -1.49. The fourth-order valence-corrected chi connectivity index (χ4v) is 5.30. The molecule has 0 saturated carbocycles. The zero-order valence-electron chi connectivity index (χ0n) is 20.7. The van der Waals surface area contributed by atoms with Crippen LogP contribution in [0.1, 0.15) is 23.6 Å². The number of anilines is 1. The zero-order valence-corrected chi connectivity index (χ0v) is 22.3. The van der Waals surface area contributed by atoms with E-state index in [1.165, 1.54) is 22.2 Å². The van der Waals surface area contributed by atoms with Gasteiger partial charge in [-0.15, -0.1) is 0 Å². The van der Waals surface area contributed by atoms with Gasteiger partial charge in [0.2, 0.25) is 0 Å². The Morgan fingerprint density at radius 2 is 1.68 bits per heavy atom. The van der Waals surface area contributed by atoms with Crippen LogP contribution in [0.5, 0.6) is 0 Å². The van der Waals surface area contributed by atoms with Crippen molar-refractivity contribution in [3.05, 3.63) is 105 Å². The maximum absolute atomic E-state index is 13.7. The highest BCUT2D eigenvalue weighted by molar-refractivity contribution is 9.10. The summed E-state index contributed by atoms with van der Waals surface area (Å²) in [6, 6.07) is 19.5. The monoisotopic (exact) mass is 601 g/mol. The molecule has 1 fully saturated rings. The summed E-state index contributed by atoms with van der Waals surface area (Å²) < 4.78 is 0.797. The molecule has 0 N–H and O–H groups in total. The number of non-ortho nitro benzene ring substituents is 1. The van der Waals surface area contributed by atoms with Crippen LogP contribution in [0.2, 0.25) is 0 Å². The van der Waals surface area contributed by atoms with Gasteiger partial charge in [0, 0.05) is 23.0 Å². The summed E-state index contributed by atoms with van der Waals surface area (Å²) in [4.78, 5) is 51.7. The Hall–Kier alpha value is -4.78. The van der Waals surface area contributed by atoms with Crippen molar-refractivity contribution < 1.29 is 19.3 Å². The number of fused-ring (bicyclic) bond motifs is 1. The molecule has 0 aromatic heterocycles. The Kier molecular flexibility index (Phi) is 6.42. The smallest absolute Gasteiger partial charge is 0.269 e. The van der Waals surface area contributed by atoms with Gasteiger partial charge in [-0.2, -0.15) is 10.2 Å². The predicted octanol–water partition coefficient (Wildman–Crippen LogP) is 4.03. The first-order chi connectivity index (χ1) is 19.3. The van der Waals surface area contributed by atoms with Gasteiger partial charge in [-0.1, -0.05) is 63.6 Å². The van der Waals surface area contributed by atoms with E-state index in [1.807, 2.05) is 30.3 Å². The van der Waals surface area contributed by atoms with Crippen LogP contribution in [-0.4, -0.2) is 57.0 Å². The Bertz CT molecular complexity index is 1580. The van der Waals surface area contributed by atoms with Crippen LogP contribution in [0.25, 0.3) is 0 Å². The molecule has 3 atom stereocenters. The number of imide groups is 1. The largest absolute Gasteiger partial charge is 0.271 e. The summed E-state index contributed by atoms with van der Waals surface area (Å²) in [7, 11) is 0. The second-order valence-corrected chi connectivity index (χ2v) is 10.3. The number of halogens is 1. The summed E-state index contributed by atoms with van der Waals surface area (Å²) in [6.07, 6.45) is 0.385. The Balaban J connectivity index is 1.26. The van der Waals surface area contributed by atoms with Crippen molar-refractivity contribution in [2.45, 2.75) is 24.5 Å². The summed E-state index contributed by atoms with van der Waals surface area (Å²) in [5, 5.41) is 26.3. The minimum absolute atomic E-state index is 0.0629. The molecule has 13 heteroatoms. The lowest BCUT2D eigenvalue weighted by atomic mass is 9.98. The van der Waals surface area contributed by atoms with Crippen molar-refractivity contribution in [1.82, 2.24) is 10.0 Å². The first-order valence-electron chi connectivity index (χ1n) is 12.3. The fourth-order valence-electron chi connectivity index (χ4n) is 5.03. The quantitative estimate of drug-likeness (QED) is 0.237. The molecule has 1 saturated heterocycles. The lowest BCUT2D eigenvalue weighted by molar-refractivity contribution is -0.384. The molecular weight excluding hydrogens is 582 g/mol. The van der Waals surface area contributed by atoms with Crippen LogP contribution in [0, 0.1) is 10.1 Å². The van der Waals surface area contributed by atoms with Gasteiger partial charge in [-0.05, 0) is 35.4 Å². The Labute approximate surface area is 235 Å². The van der Waals surface area contributed by atoms with Crippen molar-refractivity contribution >= 4 is 50.7 Å². The van der Waals surface area contributed by atoms with Gasteiger partial charge in [0.25, 0.3) is 23.4 Å². The van der Waals surface area contributed by atoms with Crippen molar-refractivity contribution in [3.8, 4) is 0 Å². The SMILES string of the molecule is O=C1[C@@H]2N=NN(CC(=O)N3N=C(c4ccccc4)C[C@@H]3c3ccc([N+](=O)[O-])cc3)[C@H]2C(=O)N1c1ccc(Br)cc1. The molecular formula is C27H20BrN7O5. The Morgan fingerprint density at radius 3 is 2.35 bits per heavy atom. The number of hydrogen-bond donors (Lipinski definition) is 0. The number of nitro benzene ring substituents is 1. The van der Waals surface area contributed by atoms with E-state index >= 15 is 0 Å². The number of nitrogens with zero attached hydrogens (tertiary/aromatic N) is 7. The molecule has 12 nitrogen and oxygen atoms in total. The molecule has 0 aliphatic carbocycles. The van der Waals surface area contributed by atoms with Gasteiger partial charge in [0.05, 0.1) is 22.4 Å². The van der Waals surface area contributed by atoms with E-state index in [0.717, 1.165) is 14.9 Å². The van der Waals surface area contributed by atoms with E-state index in [0.29, 0.717) is 23.4 Å². The van der Waals surface area contributed by atoms with Gasteiger partial charge in [0.15, 0.2) is 12.1 Å². The standard InChI is InChI=1S/C27H20BrN7O5/c28-18-8-12-19(13-9-18)33-26(37)24-25(27(33)38)32(31-29-24)15-23(36)34-22(17-6-10-20(11-7-17)35(39)40)14-21(30-34)16-4-2-1-3-5-16/h1-13,22,24-25H,14-15H2/t22-,24-,25-/m1/s1. The molecule has 3 aromatic rings. The van der Waals surface area contributed by atoms with Gasteiger partial charge in [-0.25, -0.2) is 9.91 Å². The number of benzene rings is 3. The van der Waals surface area contributed by atoms with Gasteiger partial charge < -0.3 is 0 Å². The summed E-state index contributed by atoms with van der Waals surface area (Å²) >= 11 is 3.34. The average molecular weight is 602 g/mol. The molecule has 3 aliphatic heterocycles. The molecule has 3 aliphatic rings. The molecule has 0 bridgehead atoms.